The van der Waals surface area contributed by atoms with E-state index in [-0.39, 0.29) is 7.43 Å². The zero-order valence-corrected chi connectivity index (χ0v) is 10.7. The second kappa shape index (κ2) is 5.36. The van der Waals surface area contributed by atoms with E-state index >= 15 is 0 Å². The molecule has 0 bridgehead atoms. The summed E-state index contributed by atoms with van der Waals surface area (Å²) < 4.78 is 24.5. The lowest BCUT2D eigenvalue weighted by molar-refractivity contribution is 0.596. The van der Waals surface area contributed by atoms with Gasteiger partial charge in [0.05, 0.1) is 9.79 Å². The molecule has 2 nitrogen and oxygen atoms in total. The Morgan fingerprint density at radius 1 is 0.667 bits per heavy atom. The number of aryl methyl sites for hydroxylation is 2. The average Bonchev–Trinajstić information content (AvgIpc) is 2.30. The molecule has 0 atom stereocenters. The molecule has 0 heterocycles. The van der Waals surface area contributed by atoms with Crippen LogP contribution in [0.3, 0.4) is 0 Å². The van der Waals surface area contributed by atoms with E-state index in [0.717, 1.165) is 11.1 Å². The van der Waals surface area contributed by atoms with Crippen molar-refractivity contribution in [3.05, 3.63) is 59.7 Å². The van der Waals surface area contributed by atoms with Gasteiger partial charge in [-0.2, -0.15) is 0 Å². The van der Waals surface area contributed by atoms with E-state index in [1.165, 1.54) is 0 Å². The Balaban J connectivity index is 0.00000162. The van der Waals surface area contributed by atoms with Crippen LogP contribution >= 0.6 is 0 Å². The summed E-state index contributed by atoms with van der Waals surface area (Å²) in [5.74, 6) is 0. The molecule has 3 heteroatoms. The van der Waals surface area contributed by atoms with E-state index < -0.39 is 9.84 Å². The number of hydrogen-bond acceptors (Lipinski definition) is 2. The van der Waals surface area contributed by atoms with Crippen LogP contribution in [-0.4, -0.2) is 8.42 Å². The molecule has 0 saturated carbocycles. The summed E-state index contributed by atoms with van der Waals surface area (Å²) in [6.07, 6.45) is 0. The highest BCUT2D eigenvalue weighted by Crippen LogP contribution is 2.21. The SMILES string of the molecule is C.Cc1ccc(S(=O)(=O)c2ccc(C)cc2)cc1. The predicted molar refractivity (Wildman–Crippen MR) is 74.5 cm³/mol. The molecule has 0 N–H and O–H groups in total. The van der Waals surface area contributed by atoms with Crippen LogP contribution in [0.25, 0.3) is 0 Å². The fraction of sp³-hybridized carbons (Fsp3) is 0.200. The Bertz CT molecular complexity index is 557. The number of rotatable bonds is 2. The zero-order valence-electron chi connectivity index (χ0n) is 9.84. The summed E-state index contributed by atoms with van der Waals surface area (Å²) in [5, 5.41) is 0. The molecule has 0 aliphatic carbocycles. The van der Waals surface area contributed by atoms with Crippen molar-refractivity contribution < 1.29 is 8.42 Å². The fourth-order valence-corrected chi connectivity index (χ4v) is 2.83. The molecule has 0 aliphatic heterocycles. The van der Waals surface area contributed by atoms with Gasteiger partial charge in [-0.05, 0) is 38.1 Å². The van der Waals surface area contributed by atoms with Crippen molar-refractivity contribution in [2.45, 2.75) is 31.1 Å². The molecule has 18 heavy (non-hydrogen) atoms. The largest absolute Gasteiger partial charge is 0.219 e. The van der Waals surface area contributed by atoms with Crippen LogP contribution in [0.15, 0.2) is 58.3 Å². The monoisotopic (exact) mass is 262 g/mol. The minimum absolute atomic E-state index is 0. The van der Waals surface area contributed by atoms with Crippen molar-refractivity contribution in [1.29, 1.82) is 0 Å². The van der Waals surface area contributed by atoms with Gasteiger partial charge in [0.25, 0.3) is 0 Å². The van der Waals surface area contributed by atoms with Crippen molar-refractivity contribution >= 4 is 9.84 Å². The third-order valence-corrected chi connectivity index (χ3v) is 4.45. The summed E-state index contributed by atoms with van der Waals surface area (Å²) in [5.41, 5.74) is 2.10. The summed E-state index contributed by atoms with van der Waals surface area (Å²) in [6.45, 7) is 3.87. The molecular formula is C15H18O2S. The van der Waals surface area contributed by atoms with Crippen LogP contribution in [0, 0.1) is 13.8 Å². The summed E-state index contributed by atoms with van der Waals surface area (Å²) in [4.78, 5) is 0.680. The van der Waals surface area contributed by atoms with Gasteiger partial charge in [-0.1, -0.05) is 42.8 Å². The quantitative estimate of drug-likeness (QED) is 0.825. The smallest absolute Gasteiger partial charge is 0.206 e. The Labute approximate surface area is 109 Å². The first-order chi connectivity index (χ1) is 8.00. The summed E-state index contributed by atoms with van der Waals surface area (Å²) in [7, 11) is -3.37. The van der Waals surface area contributed by atoms with Gasteiger partial charge < -0.3 is 0 Å². The molecule has 0 radical (unpaired) electrons. The molecule has 0 saturated heterocycles. The molecule has 2 rings (SSSR count). The number of sulfone groups is 1. The Morgan fingerprint density at radius 2 is 0.944 bits per heavy atom. The van der Waals surface area contributed by atoms with E-state index in [4.69, 9.17) is 0 Å². The van der Waals surface area contributed by atoms with E-state index in [1.807, 2.05) is 13.8 Å². The first-order valence-corrected chi connectivity index (χ1v) is 6.87. The zero-order chi connectivity index (χ0) is 12.5. The topological polar surface area (TPSA) is 34.1 Å². The highest BCUT2D eigenvalue weighted by molar-refractivity contribution is 7.91. The molecule has 0 spiro atoms. The van der Waals surface area contributed by atoms with Crippen molar-refractivity contribution in [3.63, 3.8) is 0 Å². The molecule has 0 aromatic heterocycles. The molecule has 0 amide bonds. The first kappa shape index (κ1) is 14.5. The van der Waals surface area contributed by atoms with Gasteiger partial charge in [-0.25, -0.2) is 8.42 Å². The molecule has 0 fully saturated rings. The van der Waals surface area contributed by atoms with Crippen LogP contribution in [0.1, 0.15) is 18.6 Å². The number of hydrogen-bond donors (Lipinski definition) is 0. The minimum Gasteiger partial charge on any atom is -0.219 e. The van der Waals surface area contributed by atoms with Crippen LogP contribution < -0.4 is 0 Å². The highest BCUT2D eigenvalue weighted by Gasteiger charge is 2.16. The first-order valence-electron chi connectivity index (χ1n) is 5.38. The molecule has 0 unspecified atom stereocenters. The highest BCUT2D eigenvalue weighted by atomic mass is 32.2. The number of benzene rings is 2. The molecule has 96 valence electrons. The van der Waals surface area contributed by atoms with E-state index in [0.29, 0.717) is 9.79 Å². The lowest BCUT2D eigenvalue weighted by Crippen LogP contribution is -2.01. The van der Waals surface area contributed by atoms with Crippen LogP contribution in [0.4, 0.5) is 0 Å². The molecule has 2 aromatic rings. The maximum absolute atomic E-state index is 12.3. The average molecular weight is 262 g/mol. The third kappa shape index (κ3) is 2.79. The summed E-state index contributed by atoms with van der Waals surface area (Å²) in [6, 6.07) is 13.8. The van der Waals surface area contributed by atoms with E-state index in [1.54, 1.807) is 48.5 Å². The van der Waals surface area contributed by atoms with Crippen molar-refractivity contribution in [1.82, 2.24) is 0 Å². The van der Waals surface area contributed by atoms with Gasteiger partial charge in [0, 0.05) is 0 Å². The molecule has 0 aliphatic rings. The molecule has 2 aromatic carbocycles. The second-order valence-corrected chi connectivity index (χ2v) is 6.08. The minimum atomic E-state index is -3.37. The van der Waals surface area contributed by atoms with Crippen molar-refractivity contribution in [2.24, 2.45) is 0 Å². The summed E-state index contributed by atoms with van der Waals surface area (Å²) >= 11 is 0. The standard InChI is InChI=1S/C14H14O2S.CH4/c1-11-3-7-13(8-4-11)17(15,16)14-9-5-12(2)6-10-14;/h3-10H,1-2H3;1H4. The fourth-order valence-electron chi connectivity index (χ4n) is 1.57. The van der Waals surface area contributed by atoms with Crippen molar-refractivity contribution in [3.8, 4) is 0 Å². The Morgan fingerprint density at radius 3 is 1.22 bits per heavy atom. The van der Waals surface area contributed by atoms with Crippen molar-refractivity contribution in [2.75, 3.05) is 0 Å². The predicted octanol–water partition coefficient (Wildman–Crippen LogP) is 3.77. The maximum Gasteiger partial charge on any atom is 0.206 e. The maximum atomic E-state index is 12.3. The normalized spacial score (nSPS) is 10.8. The van der Waals surface area contributed by atoms with Gasteiger partial charge in [-0.3, -0.25) is 0 Å². The Kier molecular flexibility index (Phi) is 4.30. The van der Waals surface area contributed by atoms with Gasteiger partial charge in [0.15, 0.2) is 0 Å². The van der Waals surface area contributed by atoms with Gasteiger partial charge in [-0.15, -0.1) is 0 Å². The lowest BCUT2D eigenvalue weighted by Gasteiger charge is -2.05. The van der Waals surface area contributed by atoms with Gasteiger partial charge >= 0.3 is 0 Å². The van der Waals surface area contributed by atoms with Gasteiger partial charge in [0.1, 0.15) is 0 Å². The van der Waals surface area contributed by atoms with Gasteiger partial charge in [0.2, 0.25) is 9.84 Å². The second-order valence-electron chi connectivity index (χ2n) is 4.13. The van der Waals surface area contributed by atoms with E-state index in [9.17, 15) is 8.42 Å². The molecular weight excluding hydrogens is 244 g/mol. The van der Waals surface area contributed by atoms with Crippen LogP contribution in [-0.2, 0) is 9.84 Å². The van der Waals surface area contributed by atoms with E-state index in [2.05, 4.69) is 0 Å². The van der Waals surface area contributed by atoms with Crippen LogP contribution in [0.5, 0.6) is 0 Å². The van der Waals surface area contributed by atoms with Crippen LogP contribution in [0.2, 0.25) is 0 Å². The lowest BCUT2D eigenvalue weighted by atomic mass is 10.2. The third-order valence-electron chi connectivity index (χ3n) is 2.66. The Hall–Kier alpha value is -1.61.